The number of benzene rings is 3. The molecule has 0 bridgehead atoms. The molecule has 1 saturated heterocycles. The fourth-order valence-electron chi connectivity index (χ4n) is 4.15. The Morgan fingerprint density at radius 2 is 1.62 bits per heavy atom. The first-order chi connectivity index (χ1) is 15.7. The van der Waals surface area contributed by atoms with Crippen molar-refractivity contribution in [3.8, 4) is 0 Å². The average molecular weight is 422 g/mol. The summed E-state index contributed by atoms with van der Waals surface area (Å²) in [5.74, 6) is -0.388. The molecule has 5 rings (SSSR count). The summed E-state index contributed by atoms with van der Waals surface area (Å²) in [5.41, 5.74) is 4.09. The summed E-state index contributed by atoms with van der Waals surface area (Å²) in [6.45, 7) is 0.899. The lowest BCUT2D eigenvalue weighted by Gasteiger charge is -2.18. The van der Waals surface area contributed by atoms with Crippen LogP contribution in [0.15, 0.2) is 97.2 Å². The highest BCUT2D eigenvalue weighted by Gasteiger charge is 2.37. The summed E-state index contributed by atoms with van der Waals surface area (Å²) in [5, 5.41) is 1.05. The minimum atomic E-state index is -0.611. The fourth-order valence-corrected chi connectivity index (χ4v) is 4.15. The number of carbonyl (C=O) groups is 2. The second kappa shape index (κ2) is 8.55. The number of ether oxygens (including phenoxy) is 1. The highest BCUT2D eigenvalue weighted by Crippen LogP contribution is 2.29. The predicted octanol–water partition coefficient (Wildman–Crippen LogP) is 5.42. The molecule has 5 nitrogen and oxygen atoms in total. The van der Waals surface area contributed by atoms with Crippen molar-refractivity contribution in [1.29, 1.82) is 0 Å². The van der Waals surface area contributed by atoms with Gasteiger partial charge in [0.1, 0.15) is 12.6 Å². The maximum absolute atomic E-state index is 13.0. The molecule has 1 aromatic heterocycles. The van der Waals surface area contributed by atoms with Crippen molar-refractivity contribution in [3.05, 3.63) is 114 Å². The smallest absolute Gasteiger partial charge is 0.417 e. The SMILES string of the molecule is O=C(/C=C/c1cn(Cc2ccccc2)c2ccccc12)N1C(=O)OC[C@H]1c1ccccc1. The summed E-state index contributed by atoms with van der Waals surface area (Å²) < 4.78 is 7.35. The lowest BCUT2D eigenvalue weighted by molar-refractivity contribution is -0.124. The Labute approximate surface area is 186 Å². The number of hydrogen-bond donors (Lipinski definition) is 0. The number of imide groups is 1. The van der Waals surface area contributed by atoms with Gasteiger partial charge < -0.3 is 9.30 Å². The van der Waals surface area contributed by atoms with E-state index in [1.165, 1.54) is 16.5 Å². The zero-order valence-electron chi connectivity index (χ0n) is 17.4. The first-order valence-electron chi connectivity index (χ1n) is 10.6. The summed E-state index contributed by atoms with van der Waals surface area (Å²) in [7, 11) is 0. The van der Waals surface area contributed by atoms with Crippen LogP contribution in [0.5, 0.6) is 0 Å². The van der Waals surface area contributed by atoms with Gasteiger partial charge in [0.25, 0.3) is 5.91 Å². The molecule has 1 aliphatic heterocycles. The third-order valence-electron chi connectivity index (χ3n) is 5.72. The molecule has 1 atom stereocenters. The standard InChI is InChI=1S/C27H22N2O3/c30-26(29-25(19-32-27(29)31)21-11-5-2-6-12-21)16-15-22-18-28(17-20-9-3-1-4-10-20)24-14-8-7-13-23(22)24/h1-16,18,25H,17,19H2/b16-15+/t25-/m0/s1. The van der Waals surface area contributed by atoms with E-state index in [4.69, 9.17) is 4.74 Å². The van der Waals surface area contributed by atoms with Crippen molar-refractivity contribution in [2.45, 2.75) is 12.6 Å². The monoisotopic (exact) mass is 422 g/mol. The molecule has 32 heavy (non-hydrogen) atoms. The zero-order chi connectivity index (χ0) is 21.9. The molecule has 0 saturated carbocycles. The van der Waals surface area contributed by atoms with Gasteiger partial charge in [-0.3, -0.25) is 4.79 Å². The Balaban J connectivity index is 1.43. The van der Waals surface area contributed by atoms with Gasteiger partial charge in [-0.2, -0.15) is 0 Å². The minimum absolute atomic E-state index is 0.165. The van der Waals surface area contributed by atoms with Gasteiger partial charge in [-0.25, -0.2) is 9.69 Å². The number of carbonyl (C=O) groups excluding carboxylic acids is 2. The van der Waals surface area contributed by atoms with Gasteiger partial charge in [-0.15, -0.1) is 0 Å². The first-order valence-corrected chi connectivity index (χ1v) is 10.6. The molecule has 0 N–H and O–H groups in total. The maximum Gasteiger partial charge on any atom is 0.417 e. The number of amides is 2. The summed E-state index contributed by atoms with van der Waals surface area (Å²) in [6, 6.07) is 27.4. The van der Waals surface area contributed by atoms with E-state index < -0.39 is 12.1 Å². The van der Waals surface area contributed by atoms with Crippen LogP contribution < -0.4 is 0 Å². The van der Waals surface area contributed by atoms with E-state index in [1.807, 2.05) is 72.9 Å². The molecule has 0 unspecified atom stereocenters. The van der Waals surface area contributed by atoms with E-state index in [2.05, 4.69) is 22.8 Å². The lowest BCUT2D eigenvalue weighted by Crippen LogP contribution is -2.32. The van der Waals surface area contributed by atoms with Crippen LogP contribution in [-0.4, -0.2) is 28.1 Å². The number of rotatable bonds is 5. The minimum Gasteiger partial charge on any atom is -0.446 e. The van der Waals surface area contributed by atoms with Crippen molar-refractivity contribution in [2.75, 3.05) is 6.61 Å². The number of para-hydroxylation sites is 1. The van der Waals surface area contributed by atoms with Crippen LogP contribution in [0, 0.1) is 0 Å². The van der Waals surface area contributed by atoms with Gasteiger partial charge in [0.15, 0.2) is 0 Å². The largest absolute Gasteiger partial charge is 0.446 e. The third kappa shape index (κ3) is 3.81. The number of cyclic esters (lactones) is 1. The molecule has 5 heteroatoms. The Bertz CT molecular complexity index is 1290. The average Bonchev–Trinajstić information content (AvgIpc) is 3.39. The van der Waals surface area contributed by atoms with Crippen LogP contribution >= 0.6 is 0 Å². The second-order valence-corrected chi connectivity index (χ2v) is 7.76. The van der Waals surface area contributed by atoms with E-state index in [-0.39, 0.29) is 12.5 Å². The number of nitrogens with zero attached hydrogens (tertiary/aromatic N) is 2. The van der Waals surface area contributed by atoms with Crippen molar-refractivity contribution in [2.24, 2.45) is 0 Å². The van der Waals surface area contributed by atoms with E-state index in [0.717, 1.165) is 28.6 Å². The van der Waals surface area contributed by atoms with Crippen LogP contribution in [-0.2, 0) is 16.1 Å². The van der Waals surface area contributed by atoms with Gasteiger partial charge >= 0.3 is 6.09 Å². The van der Waals surface area contributed by atoms with Crippen LogP contribution in [0.25, 0.3) is 17.0 Å². The summed E-state index contributed by atoms with van der Waals surface area (Å²) >= 11 is 0. The highest BCUT2D eigenvalue weighted by atomic mass is 16.6. The van der Waals surface area contributed by atoms with Crippen LogP contribution in [0.3, 0.4) is 0 Å². The molecule has 2 amide bonds. The highest BCUT2D eigenvalue weighted by molar-refractivity contribution is 6.03. The molecule has 0 radical (unpaired) electrons. The first kappa shape index (κ1) is 19.8. The van der Waals surface area contributed by atoms with Crippen LogP contribution in [0.1, 0.15) is 22.7 Å². The van der Waals surface area contributed by atoms with Crippen LogP contribution in [0.4, 0.5) is 4.79 Å². The van der Waals surface area contributed by atoms with E-state index >= 15 is 0 Å². The molecule has 1 aliphatic rings. The molecule has 2 heterocycles. The quantitative estimate of drug-likeness (QED) is 0.404. The van der Waals surface area contributed by atoms with Crippen molar-refractivity contribution >= 4 is 29.0 Å². The van der Waals surface area contributed by atoms with Gasteiger partial charge in [-0.05, 0) is 23.3 Å². The van der Waals surface area contributed by atoms with Crippen LogP contribution in [0.2, 0.25) is 0 Å². The number of fused-ring (bicyclic) bond motifs is 1. The number of aromatic nitrogens is 1. The molecule has 158 valence electrons. The molecular weight excluding hydrogens is 400 g/mol. The second-order valence-electron chi connectivity index (χ2n) is 7.76. The Hall–Kier alpha value is -4.12. The molecule has 4 aromatic rings. The summed E-state index contributed by atoms with van der Waals surface area (Å²) in [4.78, 5) is 26.4. The molecule has 3 aromatic carbocycles. The topological polar surface area (TPSA) is 51.5 Å². The van der Waals surface area contributed by atoms with Crippen molar-refractivity contribution in [1.82, 2.24) is 9.47 Å². The third-order valence-corrected chi connectivity index (χ3v) is 5.72. The fraction of sp³-hybridized carbons (Fsp3) is 0.111. The van der Waals surface area contributed by atoms with Gasteiger partial charge in [0.2, 0.25) is 0 Å². The van der Waals surface area contributed by atoms with E-state index in [0.29, 0.717) is 0 Å². The number of hydrogen-bond acceptors (Lipinski definition) is 3. The zero-order valence-corrected chi connectivity index (χ0v) is 17.4. The lowest BCUT2D eigenvalue weighted by atomic mass is 10.1. The Morgan fingerprint density at radius 3 is 2.41 bits per heavy atom. The van der Waals surface area contributed by atoms with Gasteiger partial charge in [0, 0.05) is 35.3 Å². The van der Waals surface area contributed by atoms with Crippen molar-refractivity contribution in [3.63, 3.8) is 0 Å². The predicted molar refractivity (Wildman–Crippen MR) is 124 cm³/mol. The molecule has 1 fully saturated rings. The van der Waals surface area contributed by atoms with E-state index in [1.54, 1.807) is 6.08 Å². The van der Waals surface area contributed by atoms with Gasteiger partial charge in [0.05, 0.1) is 0 Å². The van der Waals surface area contributed by atoms with Gasteiger partial charge in [-0.1, -0.05) is 78.9 Å². The van der Waals surface area contributed by atoms with Crippen molar-refractivity contribution < 1.29 is 14.3 Å². The van der Waals surface area contributed by atoms with E-state index in [9.17, 15) is 9.59 Å². The normalized spacial score (nSPS) is 16.1. The Kier molecular flexibility index (Phi) is 5.30. The summed E-state index contributed by atoms with van der Waals surface area (Å²) in [6.07, 6.45) is 4.66. The molecular formula is C27H22N2O3. The Morgan fingerprint density at radius 1 is 0.938 bits per heavy atom. The maximum atomic E-state index is 13.0. The molecule has 0 aliphatic carbocycles. The molecule has 0 spiro atoms.